The summed E-state index contributed by atoms with van der Waals surface area (Å²) in [7, 11) is 3.12. The van der Waals surface area contributed by atoms with Crippen LogP contribution in [-0.2, 0) is 4.79 Å². The number of carbonyl (C=O) groups is 1. The SMILES string of the molecule is COc1ccc(/C(C#N)=C/c2ccc(OCC(=O)Nc3ccccc3)c(OC)c2)cc1. The molecule has 31 heavy (non-hydrogen) atoms. The van der Waals surface area contributed by atoms with Gasteiger partial charge in [0.2, 0.25) is 0 Å². The molecule has 3 aromatic rings. The monoisotopic (exact) mass is 414 g/mol. The Kier molecular flexibility index (Phi) is 7.28. The highest BCUT2D eigenvalue weighted by Crippen LogP contribution is 2.30. The molecule has 0 atom stereocenters. The van der Waals surface area contributed by atoms with Crippen LogP contribution in [0.1, 0.15) is 11.1 Å². The smallest absolute Gasteiger partial charge is 0.262 e. The Bertz CT molecular complexity index is 1100. The minimum Gasteiger partial charge on any atom is -0.497 e. The zero-order chi connectivity index (χ0) is 22.1. The number of benzene rings is 3. The fraction of sp³-hybridized carbons (Fsp3) is 0.120. The second-order valence-corrected chi connectivity index (χ2v) is 6.51. The van der Waals surface area contributed by atoms with Crippen LogP contribution < -0.4 is 19.5 Å². The number of allylic oxidation sites excluding steroid dienone is 1. The average molecular weight is 414 g/mol. The molecule has 0 spiro atoms. The van der Waals surface area contributed by atoms with Crippen molar-refractivity contribution < 1.29 is 19.0 Å². The van der Waals surface area contributed by atoms with Gasteiger partial charge in [-0.2, -0.15) is 5.26 Å². The zero-order valence-corrected chi connectivity index (χ0v) is 17.3. The molecule has 1 amide bonds. The first-order valence-electron chi connectivity index (χ1n) is 9.55. The Morgan fingerprint density at radius 2 is 1.71 bits per heavy atom. The van der Waals surface area contributed by atoms with Crippen LogP contribution in [0.2, 0.25) is 0 Å². The van der Waals surface area contributed by atoms with E-state index in [0.717, 1.165) is 16.9 Å². The van der Waals surface area contributed by atoms with E-state index in [-0.39, 0.29) is 12.5 Å². The Morgan fingerprint density at radius 3 is 2.35 bits per heavy atom. The third-order valence-corrected chi connectivity index (χ3v) is 4.44. The summed E-state index contributed by atoms with van der Waals surface area (Å²) in [5, 5.41) is 12.3. The third-order valence-electron chi connectivity index (χ3n) is 4.44. The quantitative estimate of drug-likeness (QED) is 0.424. The van der Waals surface area contributed by atoms with E-state index in [9.17, 15) is 10.1 Å². The molecule has 6 nitrogen and oxygen atoms in total. The van der Waals surface area contributed by atoms with E-state index in [2.05, 4.69) is 11.4 Å². The maximum absolute atomic E-state index is 12.1. The van der Waals surface area contributed by atoms with Gasteiger partial charge in [-0.25, -0.2) is 0 Å². The maximum Gasteiger partial charge on any atom is 0.262 e. The molecule has 0 aromatic heterocycles. The summed E-state index contributed by atoms with van der Waals surface area (Å²) in [6, 6.07) is 23.9. The molecule has 0 saturated heterocycles. The molecule has 0 radical (unpaired) electrons. The number of nitriles is 1. The first-order chi connectivity index (χ1) is 15.1. The number of para-hydroxylation sites is 1. The van der Waals surface area contributed by atoms with Gasteiger partial charge in [-0.3, -0.25) is 4.79 Å². The molecular weight excluding hydrogens is 392 g/mol. The number of nitrogens with one attached hydrogen (secondary N) is 1. The van der Waals surface area contributed by atoms with Gasteiger partial charge in [0.25, 0.3) is 5.91 Å². The molecule has 3 rings (SSSR count). The molecule has 0 aliphatic rings. The van der Waals surface area contributed by atoms with E-state index >= 15 is 0 Å². The molecule has 0 fully saturated rings. The number of nitrogens with zero attached hydrogens (tertiary/aromatic N) is 1. The number of amides is 1. The number of hydrogen-bond donors (Lipinski definition) is 1. The Morgan fingerprint density at radius 1 is 0.968 bits per heavy atom. The molecule has 0 aliphatic carbocycles. The van der Waals surface area contributed by atoms with Crippen LogP contribution in [0.5, 0.6) is 17.2 Å². The second kappa shape index (κ2) is 10.5. The number of rotatable bonds is 8. The van der Waals surface area contributed by atoms with Crippen molar-refractivity contribution >= 4 is 23.2 Å². The van der Waals surface area contributed by atoms with Crippen LogP contribution in [0, 0.1) is 11.3 Å². The van der Waals surface area contributed by atoms with E-state index in [1.54, 1.807) is 55.7 Å². The van der Waals surface area contributed by atoms with Crippen molar-refractivity contribution in [1.29, 1.82) is 5.26 Å². The summed E-state index contributed by atoms with van der Waals surface area (Å²) in [6.07, 6.45) is 1.76. The average Bonchev–Trinajstić information content (AvgIpc) is 2.82. The number of hydrogen-bond acceptors (Lipinski definition) is 5. The standard InChI is InChI=1S/C25H22N2O4/c1-29-22-11-9-19(10-12-22)20(16-26)14-18-8-13-23(24(15-18)30-2)31-17-25(28)27-21-6-4-3-5-7-21/h3-15H,17H2,1-2H3,(H,27,28)/b20-14+. The van der Waals surface area contributed by atoms with Gasteiger partial charge in [0, 0.05) is 5.69 Å². The van der Waals surface area contributed by atoms with E-state index < -0.39 is 0 Å². The van der Waals surface area contributed by atoms with Gasteiger partial charge in [-0.1, -0.05) is 24.3 Å². The lowest BCUT2D eigenvalue weighted by Crippen LogP contribution is -2.20. The van der Waals surface area contributed by atoms with E-state index in [1.165, 1.54) is 7.11 Å². The summed E-state index contributed by atoms with van der Waals surface area (Å²) in [6.45, 7) is -0.157. The summed E-state index contributed by atoms with van der Waals surface area (Å²) in [4.78, 5) is 12.1. The lowest BCUT2D eigenvalue weighted by Gasteiger charge is -2.12. The molecule has 0 bridgehead atoms. The molecule has 156 valence electrons. The Balaban J connectivity index is 1.71. The van der Waals surface area contributed by atoms with Crippen molar-refractivity contribution in [3.8, 4) is 23.3 Å². The predicted octanol–water partition coefficient (Wildman–Crippen LogP) is 4.79. The van der Waals surface area contributed by atoms with Gasteiger partial charge in [0.05, 0.1) is 25.9 Å². The topological polar surface area (TPSA) is 80.6 Å². The molecule has 3 aromatic carbocycles. The van der Waals surface area contributed by atoms with Crippen molar-refractivity contribution in [3.63, 3.8) is 0 Å². The normalized spacial score (nSPS) is 10.7. The largest absolute Gasteiger partial charge is 0.497 e. The minimum atomic E-state index is -0.275. The van der Waals surface area contributed by atoms with Crippen LogP contribution in [0.3, 0.4) is 0 Å². The van der Waals surface area contributed by atoms with Gasteiger partial charge in [0.15, 0.2) is 18.1 Å². The van der Waals surface area contributed by atoms with Crippen LogP contribution in [-0.4, -0.2) is 26.7 Å². The molecular formula is C25H22N2O4. The molecule has 0 unspecified atom stereocenters. The maximum atomic E-state index is 12.1. The highest BCUT2D eigenvalue weighted by Gasteiger charge is 2.10. The van der Waals surface area contributed by atoms with Gasteiger partial charge >= 0.3 is 0 Å². The van der Waals surface area contributed by atoms with Crippen molar-refractivity contribution in [1.82, 2.24) is 0 Å². The van der Waals surface area contributed by atoms with Gasteiger partial charge < -0.3 is 19.5 Å². The predicted molar refractivity (Wildman–Crippen MR) is 120 cm³/mol. The van der Waals surface area contributed by atoms with Crippen molar-refractivity contribution in [2.75, 3.05) is 26.1 Å². The summed E-state index contributed by atoms with van der Waals surface area (Å²) < 4.78 is 16.2. The van der Waals surface area contributed by atoms with Crippen LogP contribution in [0.15, 0.2) is 72.8 Å². The highest BCUT2D eigenvalue weighted by molar-refractivity contribution is 5.92. The first-order valence-corrected chi connectivity index (χ1v) is 9.55. The van der Waals surface area contributed by atoms with Crippen LogP contribution >= 0.6 is 0 Å². The minimum absolute atomic E-state index is 0.157. The zero-order valence-electron chi connectivity index (χ0n) is 17.3. The summed E-state index contributed by atoms with van der Waals surface area (Å²) >= 11 is 0. The lowest BCUT2D eigenvalue weighted by atomic mass is 10.0. The molecule has 0 saturated carbocycles. The van der Waals surface area contributed by atoms with Crippen LogP contribution in [0.4, 0.5) is 5.69 Å². The highest BCUT2D eigenvalue weighted by atomic mass is 16.5. The number of ether oxygens (including phenoxy) is 3. The van der Waals surface area contributed by atoms with Crippen LogP contribution in [0.25, 0.3) is 11.6 Å². The van der Waals surface area contributed by atoms with Gasteiger partial charge in [-0.15, -0.1) is 0 Å². The van der Waals surface area contributed by atoms with Gasteiger partial charge in [-0.05, 0) is 65.7 Å². The Hall–Kier alpha value is -4.24. The second-order valence-electron chi connectivity index (χ2n) is 6.51. The van der Waals surface area contributed by atoms with E-state index in [4.69, 9.17) is 14.2 Å². The fourth-order valence-electron chi connectivity index (χ4n) is 2.87. The lowest BCUT2D eigenvalue weighted by molar-refractivity contribution is -0.118. The fourth-order valence-corrected chi connectivity index (χ4v) is 2.87. The first kappa shape index (κ1) is 21.5. The number of anilines is 1. The summed E-state index contributed by atoms with van der Waals surface area (Å²) in [5.74, 6) is 1.35. The molecule has 0 aliphatic heterocycles. The van der Waals surface area contributed by atoms with Crippen molar-refractivity contribution in [3.05, 3.63) is 83.9 Å². The molecule has 0 heterocycles. The van der Waals surface area contributed by atoms with E-state index in [0.29, 0.717) is 22.8 Å². The summed E-state index contributed by atoms with van der Waals surface area (Å²) in [5.41, 5.74) is 2.75. The van der Waals surface area contributed by atoms with E-state index in [1.807, 2.05) is 30.3 Å². The third kappa shape index (κ3) is 5.87. The number of methoxy groups -OCH3 is 2. The Labute approximate surface area is 181 Å². The molecule has 1 N–H and O–H groups in total. The van der Waals surface area contributed by atoms with Gasteiger partial charge in [0.1, 0.15) is 5.75 Å². The number of carbonyl (C=O) groups excluding carboxylic acids is 1. The van der Waals surface area contributed by atoms with Crippen molar-refractivity contribution in [2.45, 2.75) is 0 Å². The van der Waals surface area contributed by atoms with Crippen molar-refractivity contribution in [2.24, 2.45) is 0 Å². The molecule has 6 heteroatoms.